The third kappa shape index (κ3) is 5.33. The average Bonchev–Trinajstić information content (AvgIpc) is 2.98. The first-order valence-corrected chi connectivity index (χ1v) is 19.8. The zero-order valence-corrected chi connectivity index (χ0v) is 29.0. The molecule has 1 aliphatic rings. The van der Waals surface area contributed by atoms with Gasteiger partial charge in [-0.2, -0.15) is 0 Å². The van der Waals surface area contributed by atoms with Crippen molar-refractivity contribution in [3.8, 4) is 11.5 Å². The smallest absolute Gasteiger partial charge is 0.336 e. The molecule has 0 saturated carbocycles. The first-order valence-electron chi connectivity index (χ1n) is 13.8. The Bertz CT molecular complexity index is 2220. The predicted octanol–water partition coefficient (Wildman–Crippen LogP) is 9.76. The lowest BCUT2D eigenvalue weighted by molar-refractivity contribution is 0.550. The quantitative estimate of drug-likeness (QED) is 0.122. The fraction of sp³-hybridized carbons (Fsp3) is 0.0625. The van der Waals surface area contributed by atoms with Crippen molar-refractivity contribution in [1.29, 1.82) is 0 Å². The van der Waals surface area contributed by atoms with E-state index in [1.807, 2.05) is 59.1 Å². The topological polar surface area (TPSA) is 85.4 Å². The Morgan fingerprint density at radius 2 is 0.957 bits per heavy atom. The molecule has 2 aromatic heterocycles. The molecule has 7 rings (SSSR count). The largest absolute Gasteiger partial charge is 0.433 e. The lowest BCUT2D eigenvalue weighted by Gasteiger charge is -2.59. The van der Waals surface area contributed by atoms with E-state index in [4.69, 9.17) is 64.7 Å². The molecule has 14 heteroatoms. The second-order valence-corrected chi connectivity index (χ2v) is 18.8. The summed E-state index contributed by atoms with van der Waals surface area (Å²) in [5.74, 6) is 0.762. The summed E-state index contributed by atoms with van der Waals surface area (Å²) in [7, 11) is 0. The van der Waals surface area contributed by atoms with E-state index in [-0.39, 0.29) is 0 Å². The summed E-state index contributed by atoms with van der Waals surface area (Å²) in [6.07, 6.45) is 0. The van der Waals surface area contributed by atoms with Crippen LogP contribution in [-0.2, 0) is 23.6 Å². The van der Waals surface area contributed by atoms with Crippen LogP contribution in [-0.4, -0.2) is 0 Å². The highest BCUT2D eigenvalue weighted by atomic mass is 35.5. The van der Waals surface area contributed by atoms with Crippen molar-refractivity contribution in [3.63, 3.8) is 0 Å². The number of aryl methyl sites for hydroxylation is 2. The fourth-order valence-corrected chi connectivity index (χ4v) is 17.9. The van der Waals surface area contributed by atoms with Gasteiger partial charge in [-0.15, -0.1) is 0 Å². The summed E-state index contributed by atoms with van der Waals surface area (Å²) < 4.78 is 28.1. The van der Waals surface area contributed by atoms with Gasteiger partial charge in [0.15, 0.2) is 0 Å². The molecule has 0 aliphatic carbocycles. The van der Waals surface area contributed by atoms with Crippen molar-refractivity contribution in [2.24, 2.45) is 0 Å². The van der Waals surface area contributed by atoms with Crippen LogP contribution in [0.1, 0.15) is 11.1 Å². The Balaban J connectivity index is 1.40. The first kappa shape index (κ1) is 31.0. The van der Waals surface area contributed by atoms with Crippen molar-refractivity contribution in [1.82, 2.24) is 0 Å². The Hall–Kier alpha value is -3.62. The minimum atomic E-state index is -3.29. The van der Waals surface area contributed by atoms with E-state index in [9.17, 15) is 9.59 Å². The highest BCUT2D eigenvalue weighted by Gasteiger charge is 2.63. The second kappa shape index (κ2) is 11.6. The first-order chi connectivity index (χ1) is 21.9. The van der Waals surface area contributed by atoms with E-state index in [0.717, 1.165) is 21.9 Å². The lowest BCUT2D eigenvalue weighted by atomic mass is 10.1. The van der Waals surface area contributed by atoms with Gasteiger partial charge in [0.1, 0.15) is 22.7 Å². The van der Waals surface area contributed by atoms with Crippen LogP contribution in [0.3, 0.4) is 0 Å². The number of fused-ring (bicyclic) bond motifs is 2. The van der Waals surface area contributed by atoms with Crippen LogP contribution in [0.2, 0.25) is 10.0 Å². The van der Waals surface area contributed by atoms with Crippen LogP contribution in [0.5, 0.6) is 11.5 Å². The third-order valence-electron chi connectivity index (χ3n) is 7.37. The van der Waals surface area contributed by atoms with Crippen molar-refractivity contribution >= 4 is 93.3 Å². The molecule has 0 amide bonds. The van der Waals surface area contributed by atoms with Gasteiger partial charge in [-0.1, -0.05) is 23.2 Å². The molecule has 232 valence electrons. The Kier molecular flexibility index (Phi) is 7.80. The molecule has 0 unspecified atom stereocenters. The molecule has 46 heavy (non-hydrogen) atoms. The highest BCUT2D eigenvalue weighted by molar-refractivity contribution is 8.34. The molecule has 0 atom stereocenters. The van der Waals surface area contributed by atoms with Gasteiger partial charge in [0.2, 0.25) is 0 Å². The van der Waals surface area contributed by atoms with Crippen LogP contribution in [0.15, 0.2) is 115 Å². The predicted molar refractivity (Wildman–Crippen MR) is 192 cm³/mol. The molecule has 1 saturated heterocycles. The van der Waals surface area contributed by atoms with Crippen molar-refractivity contribution < 1.29 is 17.9 Å². The van der Waals surface area contributed by atoms with Gasteiger partial charge in [0.25, 0.3) is 0 Å². The summed E-state index contributed by atoms with van der Waals surface area (Å²) >= 11 is 25.4. The van der Waals surface area contributed by atoms with E-state index < -0.39 is 24.4 Å². The SMILES string of the molecule is Cc1cc(=O)oc2cc(OP3(=S)N(c4ccc(Cl)cc4)P(=S)(Oc4ccc5c(C)cc(=O)oc5c4)N3c3ccc(Cl)cc3)ccc12. The molecule has 0 N–H and O–H groups in total. The molecule has 0 bridgehead atoms. The summed E-state index contributed by atoms with van der Waals surface area (Å²) in [6, 6.07) is 27.5. The number of hydrogen-bond donors (Lipinski definition) is 0. The fourth-order valence-electron chi connectivity index (χ4n) is 5.30. The molecular formula is C32H22Cl2N2O6P2S2. The third-order valence-corrected chi connectivity index (χ3v) is 18.4. The second-order valence-electron chi connectivity index (χ2n) is 10.5. The molecular weight excluding hydrogens is 705 g/mol. The summed E-state index contributed by atoms with van der Waals surface area (Å²) in [4.78, 5) is 24.3. The molecule has 0 radical (unpaired) electrons. The summed E-state index contributed by atoms with van der Waals surface area (Å²) in [6.45, 7) is -2.91. The maximum atomic E-state index is 12.2. The standard InChI is InChI=1S/C32H22Cl2N2O6P2S2/c1-19-15-31(37)39-29-17-25(11-13-27(19)29)41-43(45)35(23-7-3-21(33)4-8-23)44(46,36(43)24-9-5-22(34)6-10-24)42-26-12-14-28-20(2)16-32(38)40-30(28)18-26/h3-18H,1-2H3. The number of hydrogen-bond acceptors (Lipinski definition) is 8. The zero-order chi connectivity index (χ0) is 32.4. The Morgan fingerprint density at radius 1 is 0.587 bits per heavy atom. The molecule has 3 heterocycles. The van der Waals surface area contributed by atoms with Crippen LogP contribution >= 0.6 is 36.3 Å². The minimum Gasteiger partial charge on any atom is -0.433 e. The van der Waals surface area contributed by atoms with Crippen molar-refractivity contribution in [2.75, 3.05) is 8.88 Å². The van der Waals surface area contributed by atoms with Gasteiger partial charge in [0.05, 0.1) is 11.4 Å². The maximum Gasteiger partial charge on any atom is 0.336 e. The zero-order valence-electron chi connectivity index (χ0n) is 24.0. The normalized spacial score (nSPS) is 19.3. The Labute approximate surface area is 283 Å². The van der Waals surface area contributed by atoms with Gasteiger partial charge in [-0.3, -0.25) is 0 Å². The van der Waals surface area contributed by atoms with Crippen molar-refractivity contribution in [2.45, 2.75) is 13.8 Å². The average molecular weight is 728 g/mol. The molecule has 1 fully saturated rings. The summed E-state index contributed by atoms with van der Waals surface area (Å²) in [5.41, 5.74) is 2.64. The minimum absolute atomic E-state index is 0.365. The highest BCUT2D eigenvalue weighted by Crippen LogP contribution is 2.87. The van der Waals surface area contributed by atoms with E-state index in [0.29, 0.717) is 44.1 Å². The number of halogens is 2. The van der Waals surface area contributed by atoms with Crippen LogP contribution in [0.4, 0.5) is 11.4 Å². The number of anilines is 2. The molecule has 6 aromatic rings. The number of nitrogens with zero attached hydrogens (tertiary/aromatic N) is 2. The Morgan fingerprint density at radius 3 is 1.33 bits per heavy atom. The molecule has 4 aromatic carbocycles. The van der Waals surface area contributed by atoms with Gasteiger partial charge >= 0.3 is 24.4 Å². The molecule has 1 aliphatic heterocycles. The van der Waals surface area contributed by atoms with Gasteiger partial charge in [-0.25, -0.2) is 18.5 Å². The van der Waals surface area contributed by atoms with Gasteiger partial charge in [-0.05, 0) is 121 Å². The number of rotatable bonds is 6. The summed E-state index contributed by atoms with van der Waals surface area (Å²) in [5, 5.41) is 2.60. The van der Waals surface area contributed by atoms with E-state index in [1.165, 1.54) is 12.1 Å². The lowest BCUT2D eigenvalue weighted by Crippen LogP contribution is -2.46. The van der Waals surface area contributed by atoms with Crippen LogP contribution in [0.25, 0.3) is 21.9 Å². The van der Waals surface area contributed by atoms with E-state index in [2.05, 4.69) is 0 Å². The monoisotopic (exact) mass is 726 g/mol. The van der Waals surface area contributed by atoms with Crippen molar-refractivity contribution in [3.05, 3.63) is 139 Å². The van der Waals surface area contributed by atoms with Gasteiger partial charge < -0.3 is 17.9 Å². The van der Waals surface area contributed by atoms with E-state index >= 15 is 0 Å². The van der Waals surface area contributed by atoms with Crippen LogP contribution < -0.4 is 29.2 Å². The maximum absolute atomic E-state index is 12.2. The van der Waals surface area contributed by atoms with Gasteiger partial charge in [0, 0.05) is 45.1 Å². The molecule has 8 nitrogen and oxygen atoms in total. The van der Waals surface area contributed by atoms with E-state index in [1.54, 1.807) is 48.5 Å². The van der Waals surface area contributed by atoms with Crippen LogP contribution in [0, 0.1) is 13.8 Å². The number of benzene rings is 4. The molecule has 0 spiro atoms.